The van der Waals surface area contributed by atoms with Crippen molar-refractivity contribution in [1.82, 2.24) is 4.90 Å². The zero-order chi connectivity index (χ0) is 17.3. The van der Waals surface area contributed by atoms with Crippen molar-refractivity contribution in [2.45, 2.75) is 37.2 Å². The molecule has 0 aromatic heterocycles. The number of amides is 1. The Morgan fingerprint density at radius 2 is 1.96 bits per heavy atom. The van der Waals surface area contributed by atoms with Crippen molar-refractivity contribution in [2.75, 3.05) is 19.7 Å². The zero-order valence-corrected chi connectivity index (χ0v) is 13.1. The van der Waals surface area contributed by atoms with E-state index in [-0.39, 0.29) is 31.0 Å². The molecule has 1 atom stereocenters. The molecule has 0 spiro atoms. The Hall–Kier alpha value is -2.02. The Bertz CT molecular complexity index is 640. The maximum absolute atomic E-state index is 14.2. The first-order valence-electron chi connectivity index (χ1n) is 8.01. The van der Waals surface area contributed by atoms with Crippen LogP contribution in [0.1, 0.15) is 31.2 Å². The van der Waals surface area contributed by atoms with Gasteiger partial charge in [-0.1, -0.05) is 12.5 Å². The molecule has 5 nitrogen and oxygen atoms in total. The lowest BCUT2D eigenvalue weighted by Gasteiger charge is -2.45. The van der Waals surface area contributed by atoms with Crippen LogP contribution in [0.25, 0.3) is 0 Å². The second-order valence-corrected chi connectivity index (χ2v) is 6.37. The van der Waals surface area contributed by atoms with Crippen molar-refractivity contribution in [3.8, 4) is 0 Å². The first-order chi connectivity index (χ1) is 11.4. The SMILES string of the molecule is O=C(O)CC1CN(C(=O)C2(c3c(F)cccc3F)CCC2)CCO1. The fourth-order valence-electron chi connectivity index (χ4n) is 3.58. The number of rotatable bonds is 4. The largest absolute Gasteiger partial charge is 0.481 e. The van der Waals surface area contributed by atoms with Crippen molar-refractivity contribution in [3.63, 3.8) is 0 Å². The van der Waals surface area contributed by atoms with E-state index < -0.39 is 29.1 Å². The number of morpholine rings is 1. The minimum atomic E-state index is -1.18. The predicted octanol–water partition coefficient (Wildman–Crippen LogP) is 2.09. The maximum Gasteiger partial charge on any atom is 0.306 e. The monoisotopic (exact) mass is 339 g/mol. The number of benzene rings is 1. The minimum Gasteiger partial charge on any atom is -0.481 e. The molecule has 24 heavy (non-hydrogen) atoms. The topological polar surface area (TPSA) is 66.8 Å². The Morgan fingerprint density at radius 1 is 1.29 bits per heavy atom. The van der Waals surface area contributed by atoms with Gasteiger partial charge in [0, 0.05) is 18.7 Å². The maximum atomic E-state index is 14.2. The van der Waals surface area contributed by atoms with Crippen LogP contribution in [0, 0.1) is 11.6 Å². The molecule has 1 aliphatic heterocycles. The van der Waals surface area contributed by atoms with E-state index in [0.29, 0.717) is 19.4 Å². The van der Waals surface area contributed by atoms with Gasteiger partial charge in [0.1, 0.15) is 11.6 Å². The Balaban J connectivity index is 1.85. The molecule has 1 heterocycles. The number of ether oxygens (including phenoxy) is 1. The number of carbonyl (C=O) groups is 2. The lowest BCUT2D eigenvalue weighted by molar-refractivity contribution is -0.153. The summed E-state index contributed by atoms with van der Waals surface area (Å²) < 4.78 is 33.8. The predicted molar refractivity (Wildman–Crippen MR) is 80.5 cm³/mol. The molecule has 1 aliphatic carbocycles. The van der Waals surface area contributed by atoms with Gasteiger partial charge in [0.05, 0.1) is 24.5 Å². The number of aliphatic carboxylic acids is 1. The van der Waals surface area contributed by atoms with Crippen LogP contribution in [0.4, 0.5) is 8.78 Å². The Morgan fingerprint density at radius 3 is 2.50 bits per heavy atom. The first-order valence-corrected chi connectivity index (χ1v) is 8.01. The van der Waals surface area contributed by atoms with Crippen molar-refractivity contribution in [1.29, 1.82) is 0 Å². The van der Waals surface area contributed by atoms with Crippen LogP contribution in [0.2, 0.25) is 0 Å². The molecule has 3 rings (SSSR count). The number of carboxylic acids is 1. The summed E-state index contributed by atoms with van der Waals surface area (Å²) in [7, 11) is 0. The van der Waals surface area contributed by atoms with Crippen LogP contribution in [0.5, 0.6) is 0 Å². The molecular formula is C17H19F2NO4. The number of hydrogen-bond acceptors (Lipinski definition) is 3. The molecule has 1 amide bonds. The van der Waals surface area contributed by atoms with Crippen LogP contribution < -0.4 is 0 Å². The molecule has 1 N–H and O–H groups in total. The van der Waals surface area contributed by atoms with E-state index >= 15 is 0 Å². The van der Waals surface area contributed by atoms with E-state index in [2.05, 4.69) is 0 Å². The highest BCUT2D eigenvalue weighted by Gasteiger charge is 2.51. The lowest BCUT2D eigenvalue weighted by atomic mass is 9.63. The van der Waals surface area contributed by atoms with Crippen LogP contribution in [-0.2, 0) is 19.7 Å². The number of nitrogens with zero attached hydrogens (tertiary/aromatic N) is 1. The van der Waals surface area contributed by atoms with Gasteiger partial charge in [-0.3, -0.25) is 9.59 Å². The molecule has 0 radical (unpaired) electrons. The van der Waals surface area contributed by atoms with Gasteiger partial charge in [-0.05, 0) is 25.0 Å². The van der Waals surface area contributed by atoms with E-state index in [9.17, 15) is 18.4 Å². The summed E-state index contributed by atoms with van der Waals surface area (Å²) in [5.74, 6) is -2.76. The lowest BCUT2D eigenvalue weighted by Crippen LogP contribution is -2.56. The Kier molecular flexibility index (Phi) is 4.54. The van der Waals surface area contributed by atoms with Gasteiger partial charge in [-0.2, -0.15) is 0 Å². The number of hydrogen-bond donors (Lipinski definition) is 1. The Labute approximate surface area is 138 Å². The summed E-state index contributed by atoms with van der Waals surface area (Å²) in [5.41, 5.74) is -1.34. The summed E-state index contributed by atoms with van der Waals surface area (Å²) in [6.07, 6.45) is 0.713. The van der Waals surface area contributed by atoms with Crippen LogP contribution in [-0.4, -0.2) is 47.7 Å². The minimum absolute atomic E-state index is 0.128. The van der Waals surface area contributed by atoms with Crippen molar-refractivity contribution in [2.24, 2.45) is 0 Å². The summed E-state index contributed by atoms with van der Waals surface area (Å²) in [5, 5.41) is 8.88. The van der Waals surface area contributed by atoms with Crippen LogP contribution in [0.3, 0.4) is 0 Å². The molecular weight excluding hydrogens is 320 g/mol. The molecule has 1 aromatic rings. The van der Waals surface area contributed by atoms with Crippen LogP contribution >= 0.6 is 0 Å². The molecule has 7 heteroatoms. The number of carboxylic acid groups (broad SMARTS) is 1. The van der Waals surface area contributed by atoms with Gasteiger partial charge in [0.25, 0.3) is 0 Å². The third-order valence-corrected chi connectivity index (χ3v) is 4.89. The normalized spacial score (nSPS) is 22.8. The highest BCUT2D eigenvalue weighted by Crippen LogP contribution is 2.47. The third-order valence-electron chi connectivity index (χ3n) is 4.89. The van der Waals surface area contributed by atoms with Gasteiger partial charge >= 0.3 is 5.97 Å². The fourth-order valence-corrected chi connectivity index (χ4v) is 3.58. The molecule has 1 unspecified atom stereocenters. The van der Waals surface area contributed by atoms with E-state index in [1.165, 1.54) is 11.0 Å². The molecule has 2 aliphatic rings. The first kappa shape index (κ1) is 16.8. The fraction of sp³-hybridized carbons (Fsp3) is 0.529. The molecule has 1 aromatic carbocycles. The van der Waals surface area contributed by atoms with E-state index in [1.54, 1.807) is 0 Å². The van der Waals surface area contributed by atoms with Crippen molar-refractivity contribution >= 4 is 11.9 Å². The smallest absolute Gasteiger partial charge is 0.306 e. The highest BCUT2D eigenvalue weighted by molar-refractivity contribution is 5.89. The third kappa shape index (κ3) is 2.88. The summed E-state index contributed by atoms with van der Waals surface area (Å²) in [6, 6.07) is 3.61. The van der Waals surface area contributed by atoms with Crippen molar-refractivity contribution < 1.29 is 28.2 Å². The van der Waals surface area contributed by atoms with Gasteiger partial charge in [-0.25, -0.2) is 8.78 Å². The van der Waals surface area contributed by atoms with E-state index in [4.69, 9.17) is 9.84 Å². The van der Waals surface area contributed by atoms with Gasteiger partial charge in [0.15, 0.2) is 0 Å². The average Bonchev–Trinajstić information content (AvgIpc) is 2.48. The number of halogens is 2. The van der Waals surface area contributed by atoms with E-state index in [1.807, 2.05) is 0 Å². The molecule has 1 saturated heterocycles. The second-order valence-electron chi connectivity index (χ2n) is 6.37. The average molecular weight is 339 g/mol. The molecule has 130 valence electrons. The van der Waals surface area contributed by atoms with Gasteiger partial charge in [0.2, 0.25) is 5.91 Å². The highest BCUT2D eigenvalue weighted by atomic mass is 19.1. The van der Waals surface area contributed by atoms with E-state index in [0.717, 1.165) is 18.6 Å². The quantitative estimate of drug-likeness (QED) is 0.912. The standard InChI is InChI=1S/C17H19F2NO4/c18-12-3-1-4-13(19)15(12)17(5-2-6-17)16(23)20-7-8-24-11(10-20)9-14(21)22/h1,3-4,11H,2,5-10H2,(H,21,22). The molecule has 2 fully saturated rings. The van der Waals surface area contributed by atoms with Crippen molar-refractivity contribution in [3.05, 3.63) is 35.4 Å². The molecule has 0 bridgehead atoms. The van der Waals surface area contributed by atoms with Crippen LogP contribution in [0.15, 0.2) is 18.2 Å². The summed E-state index contributed by atoms with van der Waals surface area (Å²) >= 11 is 0. The zero-order valence-electron chi connectivity index (χ0n) is 13.1. The number of carbonyl (C=O) groups excluding carboxylic acids is 1. The summed E-state index contributed by atoms with van der Waals surface area (Å²) in [6.45, 7) is 0.648. The molecule has 1 saturated carbocycles. The second kappa shape index (κ2) is 6.47. The van der Waals surface area contributed by atoms with Gasteiger partial charge in [-0.15, -0.1) is 0 Å². The van der Waals surface area contributed by atoms with Gasteiger partial charge < -0.3 is 14.7 Å². The summed E-state index contributed by atoms with van der Waals surface area (Å²) in [4.78, 5) is 25.4.